The lowest BCUT2D eigenvalue weighted by molar-refractivity contribution is -0.148. The third-order valence-corrected chi connectivity index (χ3v) is 10.6. The maximum Gasteiger partial charge on any atom is 0.243 e. The molecule has 5 nitrogen and oxygen atoms in total. The van der Waals surface area contributed by atoms with Gasteiger partial charge in [0.2, 0.25) is 11.8 Å². The largest absolute Gasteiger partial charge is 0.343 e. The number of halogens is 1. The number of hydrogen-bond acceptors (Lipinski definition) is 3. The number of carbonyl (C=O) groups is 3. The average Bonchev–Trinajstić information content (AvgIpc) is 3.41. The first kappa shape index (κ1) is 27.2. The van der Waals surface area contributed by atoms with Gasteiger partial charge < -0.3 is 10.2 Å². The summed E-state index contributed by atoms with van der Waals surface area (Å²) in [6.45, 7) is 6.00. The predicted octanol–water partition coefficient (Wildman–Crippen LogP) is 5.99. The molecule has 5 unspecified atom stereocenters. The lowest BCUT2D eigenvalue weighted by atomic mass is 9.51. The van der Waals surface area contributed by atoms with Gasteiger partial charge in [0.25, 0.3) is 0 Å². The molecule has 2 aromatic rings. The molecule has 8 atom stereocenters. The van der Waals surface area contributed by atoms with Crippen LogP contribution in [0.2, 0.25) is 0 Å². The SMILES string of the molecule is CC(=O)C12CC3CC(C(=O)N4C[C@H](F)C[C@H]4C(=O)N[C@@H](c4ccccc4)c4ccc(C(C)C)cc4)CC(C1)C2C3. The molecule has 1 saturated heterocycles. The minimum Gasteiger partial charge on any atom is -0.343 e. The van der Waals surface area contributed by atoms with E-state index in [0.717, 1.165) is 43.2 Å². The van der Waals surface area contributed by atoms with E-state index in [1.54, 1.807) is 6.92 Å². The molecule has 6 rings (SSSR count). The van der Waals surface area contributed by atoms with Crippen molar-refractivity contribution in [2.45, 2.75) is 83.5 Å². The third-order valence-electron chi connectivity index (χ3n) is 10.6. The molecule has 2 bridgehead atoms. The number of carbonyl (C=O) groups excluding carboxylic acids is 3. The standard InChI is InChI=1S/C34H41FN2O3/c1-20(2)23-9-11-25(12-10-23)31(24-7-5-4-6-8-24)36-32(39)30-16-28(35)19-37(30)33(40)26-13-22-14-29-27(15-26)18-34(29,17-22)21(3)38/h4-12,20,22,26-31H,13-19H2,1-3H3,(H,36,39)/t22?,26?,27?,28-,29?,30+,31+,34?/m1/s1. The normalized spacial score (nSPS) is 33.3. The second-order valence-electron chi connectivity index (χ2n) is 13.3. The van der Waals surface area contributed by atoms with Gasteiger partial charge in [-0.3, -0.25) is 14.4 Å². The van der Waals surface area contributed by atoms with E-state index in [1.807, 2.05) is 42.5 Å². The highest BCUT2D eigenvalue weighted by Gasteiger charge is 2.63. The van der Waals surface area contributed by atoms with Crippen LogP contribution < -0.4 is 5.32 Å². The Balaban J connectivity index is 1.20. The van der Waals surface area contributed by atoms with Crippen molar-refractivity contribution in [3.63, 3.8) is 0 Å². The fourth-order valence-electron chi connectivity index (χ4n) is 8.53. The van der Waals surface area contributed by atoms with Crippen molar-refractivity contribution >= 4 is 17.6 Å². The predicted molar refractivity (Wildman–Crippen MR) is 152 cm³/mol. The van der Waals surface area contributed by atoms with Crippen LogP contribution in [-0.4, -0.2) is 41.3 Å². The first-order valence-corrected chi connectivity index (χ1v) is 15.1. The van der Waals surface area contributed by atoms with Crippen LogP contribution in [0.3, 0.4) is 0 Å². The number of amides is 2. The summed E-state index contributed by atoms with van der Waals surface area (Å²) in [6, 6.07) is 16.9. The highest BCUT2D eigenvalue weighted by atomic mass is 19.1. The number of hydrogen-bond donors (Lipinski definition) is 1. The molecule has 4 aliphatic rings. The summed E-state index contributed by atoms with van der Waals surface area (Å²) in [6.07, 6.45) is 3.12. The Morgan fingerprint density at radius 1 is 0.900 bits per heavy atom. The molecule has 2 aromatic carbocycles. The quantitative estimate of drug-likeness (QED) is 0.466. The van der Waals surface area contributed by atoms with Crippen LogP contribution in [-0.2, 0) is 14.4 Å². The van der Waals surface area contributed by atoms with Gasteiger partial charge in [-0.1, -0.05) is 68.4 Å². The summed E-state index contributed by atoms with van der Waals surface area (Å²) in [5.74, 6) is 1.28. The van der Waals surface area contributed by atoms with E-state index in [4.69, 9.17) is 0 Å². The van der Waals surface area contributed by atoms with Crippen LogP contribution in [0.4, 0.5) is 4.39 Å². The molecule has 1 heterocycles. The van der Waals surface area contributed by atoms with E-state index in [1.165, 1.54) is 10.5 Å². The minimum absolute atomic E-state index is 0.0251. The number of rotatable bonds is 7. The second-order valence-corrected chi connectivity index (χ2v) is 13.3. The van der Waals surface area contributed by atoms with E-state index in [-0.39, 0.29) is 36.1 Å². The van der Waals surface area contributed by atoms with Crippen LogP contribution in [0.15, 0.2) is 54.6 Å². The van der Waals surface area contributed by atoms with E-state index in [0.29, 0.717) is 29.5 Å². The second kappa shape index (κ2) is 10.4. The van der Waals surface area contributed by atoms with Crippen LogP contribution >= 0.6 is 0 Å². The Kier molecular flexibility index (Phi) is 7.08. The Morgan fingerprint density at radius 3 is 2.25 bits per heavy atom. The van der Waals surface area contributed by atoms with Gasteiger partial charge in [-0.25, -0.2) is 4.39 Å². The zero-order valence-corrected chi connectivity index (χ0v) is 23.8. The number of nitrogens with zero attached hydrogens (tertiary/aromatic N) is 1. The van der Waals surface area contributed by atoms with Crippen LogP contribution in [0.25, 0.3) is 0 Å². The highest BCUT2D eigenvalue weighted by Crippen LogP contribution is 2.67. The molecule has 3 aliphatic carbocycles. The zero-order valence-electron chi connectivity index (χ0n) is 23.8. The number of fused-ring (bicyclic) bond motifs is 1. The zero-order chi connectivity index (χ0) is 28.2. The third kappa shape index (κ3) is 4.67. The van der Waals surface area contributed by atoms with E-state index >= 15 is 0 Å². The summed E-state index contributed by atoms with van der Waals surface area (Å²) in [5, 5.41) is 3.18. The molecule has 0 aromatic heterocycles. The number of benzene rings is 2. The van der Waals surface area contributed by atoms with Crippen molar-refractivity contribution in [2.75, 3.05) is 6.54 Å². The van der Waals surface area contributed by atoms with E-state index in [2.05, 4.69) is 31.3 Å². The molecule has 1 aliphatic heterocycles. The molecule has 40 heavy (non-hydrogen) atoms. The maximum atomic E-state index is 14.9. The molecule has 1 N–H and O–H groups in total. The van der Waals surface area contributed by atoms with Crippen LogP contribution in [0.5, 0.6) is 0 Å². The Morgan fingerprint density at radius 2 is 1.57 bits per heavy atom. The van der Waals surface area contributed by atoms with Crippen molar-refractivity contribution in [3.8, 4) is 0 Å². The van der Waals surface area contributed by atoms with Crippen molar-refractivity contribution in [1.29, 1.82) is 0 Å². The first-order chi connectivity index (χ1) is 19.2. The van der Waals surface area contributed by atoms with Gasteiger partial charge in [-0.15, -0.1) is 0 Å². The minimum atomic E-state index is -1.21. The summed E-state index contributed by atoms with van der Waals surface area (Å²) >= 11 is 0. The van der Waals surface area contributed by atoms with Gasteiger partial charge in [0, 0.05) is 17.8 Å². The Hall–Kier alpha value is -3.02. The van der Waals surface area contributed by atoms with Gasteiger partial charge in [0.15, 0.2) is 0 Å². The highest BCUT2D eigenvalue weighted by molar-refractivity contribution is 5.90. The van der Waals surface area contributed by atoms with E-state index < -0.39 is 18.3 Å². The monoisotopic (exact) mass is 544 g/mol. The number of Topliss-reactive ketones (excluding diaryl/α,β-unsaturated/α-hetero) is 1. The molecule has 0 spiro atoms. The Bertz CT molecular complexity index is 1270. The van der Waals surface area contributed by atoms with Gasteiger partial charge in [0.05, 0.1) is 12.6 Å². The van der Waals surface area contributed by atoms with Crippen LogP contribution in [0.1, 0.15) is 87.9 Å². The van der Waals surface area contributed by atoms with Crippen molar-refractivity contribution < 1.29 is 18.8 Å². The van der Waals surface area contributed by atoms with Gasteiger partial charge in [-0.2, -0.15) is 0 Å². The van der Waals surface area contributed by atoms with Gasteiger partial charge in [0.1, 0.15) is 18.0 Å². The smallest absolute Gasteiger partial charge is 0.243 e. The first-order valence-electron chi connectivity index (χ1n) is 15.1. The summed E-state index contributed by atoms with van der Waals surface area (Å²) in [4.78, 5) is 41.7. The average molecular weight is 545 g/mol. The molecule has 0 radical (unpaired) electrons. The summed E-state index contributed by atoms with van der Waals surface area (Å²) < 4.78 is 14.9. The number of likely N-dealkylation sites (tertiary alicyclic amines) is 1. The topological polar surface area (TPSA) is 66.5 Å². The summed E-state index contributed by atoms with van der Waals surface area (Å²) in [7, 11) is 0. The fraction of sp³-hybridized carbons (Fsp3) is 0.559. The number of alkyl halides is 1. The lowest BCUT2D eigenvalue weighted by Gasteiger charge is -2.51. The Labute approximate surface area is 236 Å². The number of nitrogens with one attached hydrogen (secondary N) is 1. The fourth-order valence-corrected chi connectivity index (χ4v) is 8.53. The molecule has 4 fully saturated rings. The van der Waals surface area contributed by atoms with Crippen LogP contribution in [0, 0.1) is 29.1 Å². The lowest BCUT2D eigenvalue weighted by Crippen LogP contribution is -2.52. The van der Waals surface area contributed by atoms with Crippen molar-refractivity contribution in [1.82, 2.24) is 10.2 Å². The number of ketones is 1. The van der Waals surface area contributed by atoms with E-state index in [9.17, 15) is 18.8 Å². The molecular formula is C34H41FN2O3. The molecule has 3 saturated carbocycles. The molecule has 6 heteroatoms. The molecule has 2 amide bonds. The van der Waals surface area contributed by atoms with Gasteiger partial charge >= 0.3 is 0 Å². The molecular weight excluding hydrogens is 503 g/mol. The van der Waals surface area contributed by atoms with Gasteiger partial charge in [-0.05, 0) is 79.4 Å². The summed E-state index contributed by atoms with van der Waals surface area (Å²) in [5.41, 5.74) is 2.97. The van der Waals surface area contributed by atoms with Crippen molar-refractivity contribution in [2.24, 2.45) is 29.1 Å². The molecule has 212 valence electrons. The van der Waals surface area contributed by atoms with Crippen molar-refractivity contribution in [3.05, 3.63) is 71.3 Å². The maximum absolute atomic E-state index is 14.9.